The van der Waals surface area contributed by atoms with Crippen LogP contribution in [0, 0.1) is 0 Å². The number of hydrogen-bond acceptors (Lipinski definition) is 7. The second-order valence-corrected chi connectivity index (χ2v) is 7.21. The Labute approximate surface area is 122 Å². The molecule has 0 saturated heterocycles. The quantitative estimate of drug-likeness (QED) is 0.847. The topological polar surface area (TPSA) is 80.9 Å². The minimum absolute atomic E-state index is 0.155. The van der Waals surface area contributed by atoms with Crippen LogP contribution < -0.4 is 11.1 Å². The number of benzene rings is 1. The maximum atomic E-state index is 11.5. The number of anilines is 1. The Morgan fingerprint density at radius 3 is 2.89 bits per heavy atom. The molecule has 2 aromatic rings. The lowest BCUT2D eigenvalue weighted by Gasteiger charge is -2.03. The van der Waals surface area contributed by atoms with E-state index in [1.807, 2.05) is 24.5 Å². The summed E-state index contributed by atoms with van der Waals surface area (Å²) >= 11 is 4.66. The van der Waals surface area contributed by atoms with E-state index >= 15 is 0 Å². The Hall–Kier alpha value is -1.09. The molecule has 1 aliphatic rings. The molecule has 2 heterocycles. The second-order valence-electron chi connectivity index (χ2n) is 3.86. The zero-order valence-corrected chi connectivity index (χ0v) is 12.4. The third-order valence-electron chi connectivity index (χ3n) is 2.67. The van der Waals surface area contributed by atoms with Gasteiger partial charge in [0.05, 0.1) is 0 Å². The van der Waals surface area contributed by atoms with Crippen molar-refractivity contribution >= 4 is 46.5 Å². The van der Waals surface area contributed by atoms with Gasteiger partial charge in [-0.05, 0) is 18.4 Å². The molecule has 1 amide bonds. The summed E-state index contributed by atoms with van der Waals surface area (Å²) in [5, 5.41) is 10.9. The summed E-state index contributed by atoms with van der Waals surface area (Å²) in [6, 6.07) is 5.20. The summed E-state index contributed by atoms with van der Waals surface area (Å²) in [5.41, 5.74) is 7.40. The second kappa shape index (κ2) is 5.12. The number of nitrogens with two attached hydrogens (primary N) is 1. The van der Waals surface area contributed by atoms with E-state index in [9.17, 15) is 4.79 Å². The molecule has 3 rings (SSSR count). The van der Waals surface area contributed by atoms with E-state index in [1.54, 1.807) is 23.1 Å². The van der Waals surface area contributed by atoms with Crippen LogP contribution in [-0.4, -0.2) is 22.4 Å². The van der Waals surface area contributed by atoms with Gasteiger partial charge >= 0.3 is 0 Å². The largest absolute Gasteiger partial charge is 0.324 e. The lowest BCUT2D eigenvalue weighted by molar-refractivity contribution is -0.116. The summed E-state index contributed by atoms with van der Waals surface area (Å²) in [4.78, 5) is 12.5. The fourth-order valence-electron chi connectivity index (χ4n) is 1.75. The predicted octanol–water partition coefficient (Wildman–Crippen LogP) is 2.36. The average Bonchev–Trinajstić information content (AvgIpc) is 2.96. The Kier molecular flexibility index (Phi) is 3.48. The lowest BCUT2D eigenvalue weighted by Crippen LogP contribution is -2.19. The zero-order valence-electron chi connectivity index (χ0n) is 9.91. The van der Waals surface area contributed by atoms with Crippen molar-refractivity contribution in [3.05, 3.63) is 23.8 Å². The Morgan fingerprint density at radius 1 is 1.37 bits per heavy atom. The highest BCUT2D eigenvalue weighted by Gasteiger charge is 2.27. The number of nitrogens with one attached hydrogen (secondary N) is 1. The average molecular weight is 310 g/mol. The number of thioether (sulfide) groups is 1. The van der Waals surface area contributed by atoms with Crippen molar-refractivity contribution in [3.63, 3.8) is 0 Å². The van der Waals surface area contributed by atoms with Crippen molar-refractivity contribution < 1.29 is 4.79 Å². The Bertz CT molecular complexity index is 643. The monoisotopic (exact) mass is 310 g/mol. The number of carbonyl (C=O) groups is 1. The normalized spacial score (nSPS) is 17.4. The van der Waals surface area contributed by atoms with Gasteiger partial charge in [0.15, 0.2) is 8.68 Å². The van der Waals surface area contributed by atoms with Crippen molar-refractivity contribution in [2.75, 3.05) is 11.6 Å². The van der Waals surface area contributed by atoms with Crippen LogP contribution >= 0.6 is 34.9 Å². The number of fused-ring (bicyclic) bond motifs is 1. The van der Waals surface area contributed by atoms with Gasteiger partial charge in [-0.25, -0.2) is 0 Å². The molecule has 1 unspecified atom stereocenters. The van der Waals surface area contributed by atoms with Crippen LogP contribution in [0.1, 0.15) is 11.6 Å². The first-order chi connectivity index (χ1) is 9.17. The van der Waals surface area contributed by atoms with E-state index < -0.39 is 6.04 Å². The van der Waals surface area contributed by atoms with Crippen molar-refractivity contribution in [3.8, 4) is 0 Å². The molecule has 1 aromatic heterocycles. The SMILES string of the molecule is CSc1nnc(Sc2ccc3c(c2)NC(=O)C3N)s1. The first kappa shape index (κ1) is 12.9. The van der Waals surface area contributed by atoms with Gasteiger partial charge in [0.25, 0.3) is 0 Å². The number of amides is 1. The molecule has 1 aromatic carbocycles. The number of hydrogen-bond donors (Lipinski definition) is 2. The summed E-state index contributed by atoms with van der Waals surface area (Å²) < 4.78 is 1.83. The van der Waals surface area contributed by atoms with Gasteiger partial charge in [-0.2, -0.15) is 0 Å². The Morgan fingerprint density at radius 2 is 2.16 bits per heavy atom. The van der Waals surface area contributed by atoms with Crippen LogP contribution in [0.5, 0.6) is 0 Å². The molecule has 8 heteroatoms. The van der Waals surface area contributed by atoms with Crippen molar-refractivity contribution in [1.29, 1.82) is 0 Å². The van der Waals surface area contributed by atoms with E-state index in [-0.39, 0.29) is 5.91 Å². The highest BCUT2D eigenvalue weighted by Crippen LogP contribution is 2.37. The summed E-state index contributed by atoms with van der Waals surface area (Å²) in [6.45, 7) is 0. The summed E-state index contributed by atoms with van der Waals surface area (Å²) in [7, 11) is 0. The third-order valence-corrected chi connectivity index (χ3v) is 5.61. The number of aromatic nitrogens is 2. The van der Waals surface area contributed by atoms with E-state index in [4.69, 9.17) is 5.73 Å². The number of rotatable bonds is 3. The molecule has 1 atom stereocenters. The van der Waals surface area contributed by atoms with Gasteiger partial charge in [-0.3, -0.25) is 4.79 Å². The molecule has 5 nitrogen and oxygen atoms in total. The van der Waals surface area contributed by atoms with Gasteiger partial charge in [-0.15, -0.1) is 10.2 Å². The predicted molar refractivity (Wildman–Crippen MR) is 77.8 cm³/mol. The maximum Gasteiger partial charge on any atom is 0.245 e. The molecule has 19 heavy (non-hydrogen) atoms. The molecular weight excluding hydrogens is 300 g/mol. The van der Waals surface area contributed by atoms with Gasteiger partial charge in [0.2, 0.25) is 5.91 Å². The van der Waals surface area contributed by atoms with Crippen LogP contribution in [0.2, 0.25) is 0 Å². The maximum absolute atomic E-state index is 11.5. The van der Waals surface area contributed by atoms with Crippen molar-refractivity contribution in [2.24, 2.45) is 5.73 Å². The minimum Gasteiger partial charge on any atom is -0.324 e. The van der Waals surface area contributed by atoms with Crippen LogP contribution in [-0.2, 0) is 4.79 Å². The fourth-order valence-corrected chi connectivity index (χ4v) is 4.20. The molecule has 1 aliphatic heterocycles. The first-order valence-electron chi connectivity index (χ1n) is 5.43. The van der Waals surface area contributed by atoms with Crippen LogP contribution in [0.25, 0.3) is 0 Å². The Balaban J connectivity index is 1.84. The lowest BCUT2D eigenvalue weighted by atomic mass is 10.1. The van der Waals surface area contributed by atoms with Crippen molar-refractivity contribution in [2.45, 2.75) is 19.6 Å². The van der Waals surface area contributed by atoms with Gasteiger partial charge in [0, 0.05) is 16.1 Å². The van der Waals surface area contributed by atoms with Gasteiger partial charge in [0.1, 0.15) is 6.04 Å². The van der Waals surface area contributed by atoms with Crippen molar-refractivity contribution in [1.82, 2.24) is 10.2 Å². The summed E-state index contributed by atoms with van der Waals surface area (Å²) in [5.74, 6) is -0.155. The molecule has 0 aliphatic carbocycles. The molecule has 0 fully saturated rings. The van der Waals surface area contributed by atoms with Gasteiger partial charge < -0.3 is 11.1 Å². The molecule has 0 bridgehead atoms. The fraction of sp³-hybridized carbons (Fsp3) is 0.182. The highest BCUT2D eigenvalue weighted by molar-refractivity contribution is 8.03. The summed E-state index contributed by atoms with van der Waals surface area (Å²) in [6.07, 6.45) is 1.97. The highest BCUT2D eigenvalue weighted by atomic mass is 32.2. The number of nitrogens with zero attached hydrogens (tertiary/aromatic N) is 2. The minimum atomic E-state index is -0.557. The molecule has 0 saturated carbocycles. The third kappa shape index (κ3) is 2.48. The first-order valence-corrected chi connectivity index (χ1v) is 8.29. The zero-order chi connectivity index (χ0) is 13.4. The molecule has 0 radical (unpaired) electrons. The van der Waals surface area contributed by atoms with Crippen LogP contribution in [0.15, 0.2) is 31.8 Å². The smallest absolute Gasteiger partial charge is 0.245 e. The van der Waals surface area contributed by atoms with Gasteiger partial charge in [-0.1, -0.05) is 40.9 Å². The van der Waals surface area contributed by atoms with Crippen LogP contribution in [0.3, 0.4) is 0 Å². The molecule has 3 N–H and O–H groups in total. The van der Waals surface area contributed by atoms with E-state index in [2.05, 4.69) is 15.5 Å². The molecule has 0 spiro atoms. The molecule has 98 valence electrons. The standard InChI is InChI=1S/C11H10N4OS3/c1-17-10-14-15-11(19-10)18-5-2-3-6-7(4-5)13-9(16)8(6)12/h2-4,8H,12H2,1H3,(H,13,16). The van der Waals surface area contributed by atoms with Crippen LogP contribution in [0.4, 0.5) is 5.69 Å². The van der Waals surface area contributed by atoms with E-state index in [1.165, 1.54) is 11.8 Å². The number of carbonyl (C=O) groups excluding carboxylic acids is 1. The van der Waals surface area contributed by atoms with E-state index in [0.29, 0.717) is 0 Å². The van der Waals surface area contributed by atoms with E-state index in [0.717, 1.165) is 24.8 Å². The molecular formula is C11H10N4OS3.